The predicted molar refractivity (Wildman–Crippen MR) is 61.2 cm³/mol. The summed E-state index contributed by atoms with van der Waals surface area (Å²) < 4.78 is 49.4. The number of nitrogens with one attached hydrogen (secondary N) is 1. The highest BCUT2D eigenvalue weighted by molar-refractivity contribution is 7.12. The average Bonchev–Trinajstić information content (AvgIpc) is 2.54. The van der Waals surface area contributed by atoms with E-state index < -0.39 is 18.9 Å². The molecule has 0 saturated carbocycles. The number of rotatable bonds is 5. The Labute approximate surface area is 102 Å². The maximum Gasteiger partial charge on any atom is 0.319 e. The van der Waals surface area contributed by atoms with E-state index in [4.69, 9.17) is 0 Å². The highest BCUT2D eigenvalue weighted by Crippen LogP contribution is 2.27. The molecule has 6 heteroatoms. The molecule has 0 bridgehead atoms. The molecule has 1 aromatic rings. The Morgan fingerprint density at radius 2 is 1.94 bits per heavy atom. The second-order valence-electron chi connectivity index (χ2n) is 4.03. The Morgan fingerprint density at radius 1 is 1.35 bits per heavy atom. The van der Waals surface area contributed by atoms with Crippen molar-refractivity contribution in [3.8, 4) is 0 Å². The number of aryl methyl sites for hydroxylation is 2. The zero-order valence-electron chi connectivity index (χ0n) is 9.86. The largest absolute Gasteiger partial charge is 0.319 e. The molecule has 0 aliphatic heterocycles. The van der Waals surface area contributed by atoms with Gasteiger partial charge in [-0.1, -0.05) is 0 Å². The van der Waals surface area contributed by atoms with Gasteiger partial charge in [0, 0.05) is 15.8 Å². The second-order valence-corrected chi connectivity index (χ2v) is 5.49. The molecule has 1 N–H and O–H groups in total. The van der Waals surface area contributed by atoms with E-state index in [2.05, 4.69) is 5.32 Å². The lowest BCUT2D eigenvalue weighted by Gasteiger charge is -2.19. The Kier molecular flexibility index (Phi) is 4.55. The Hall–Kier alpha value is -0.620. The lowest BCUT2D eigenvalue weighted by Crippen LogP contribution is -2.39. The highest BCUT2D eigenvalue weighted by atomic mass is 32.1. The van der Waals surface area contributed by atoms with Crippen LogP contribution in [-0.4, -0.2) is 18.9 Å². The van der Waals surface area contributed by atoms with Crippen molar-refractivity contribution in [1.82, 2.24) is 5.32 Å². The van der Waals surface area contributed by atoms with Crippen molar-refractivity contribution in [1.29, 1.82) is 0 Å². The fraction of sp³-hybridized carbons (Fsp3) is 0.636. The van der Waals surface area contributed by atoms with Crippen LogP contribution in [0, 0.1) is 13.8 Å². The van der Waals surface area contributed by atoms with E-state index in [0.29, 0.717) is 0 Å². The highest BCUT2D eigenvalue weighted by Gasteiger charge is 2.40. The summed E-state index contributed by atoms with van der Waals surface area (Å²) in [5.74, 6) is -3.98. The molecule has 1 nitrogen and oxygen atoms in total. The van der Waals surface area contributed by atoms with Crippen LogP contribution < -0.4 is 5.32 Å². The van der Waals surface area contributed by atoms with Crippen molar-refractivity contribution >= 4 is 11.3 Å². The van der Waals surface area contributed by atoms with Crippen molar-refractivity contribution < 1.29 is 17.6 Å². The van der Waals surface area contributed by atoms with E-state index in [1.807, 2.05) is 19.9 Å². The minimum absolute atomic E-state index is 0.357. The lowest BCUT2D eigenvalue weighted by molar-refractivity contribution is -0.126. The van der Waals surface area contributed by atoms with Crippen molar-refractivity contribution in [2.75, 3.05) is 6.54 Å². The van der Waals surface area contributed by atoms with Crippen molar-refractivity contribution in [3.63, 3.8) is 0 Å². The van der Waals surface area contributed by atoms with Gasteiger partial charge in [0.15, 0.2) is 0 Å². The van der Waals surface area contributed by atoms with Gasteiger partial charge in [-0.05, 0) is 32.4 Å². The number of hydrogen-bond donors (Lipinski definition) is 1. The summed E-state index contributed by atoms with van der Waals surface area (Å²) in [5.41, 5.74) is 0.887. The van der Waals surface area contributed by atoms with Gasteiger partial charge in [-0.15, -0.1) is 11.3 Å². The normalized spacial score (nSPS) is 14.4. The van der Waals surface area contributed by atoms with Crippen molar-refractivity contribution in [2.24, 2.45) is 0 Å². The molecule has 98 valence electrons. The fourth-order valence-electron chi connectivity index (χ4n) is 1.56. The third kappa shape index (κ3) is 3.67. The third-order valence-corrected chi connectivity index (χ3v) is 3.49. The van der Waals surface area contributed by atoms with E-state index in [-0.39, 0.29) is 6.04 Å². The molecular formula is C11H15F4NS. The van der Waals surface area contributed by atoms with E-state index in [1.165, 1.54) is 0 Å². The quantitative estimate of drug-likeness (QED) is 0.799. The van der Waals surface area contributed by atoms with Gasteiger partial charge in [0.1, 0.15) is 0 Å². The first-order valence-electron chi connectivity index (χ1n) is 5.20. The van der Waals surface area contributed by atoms with Gasteiger partial charge in [0.2, 0.25) is 0 Å². The van der Waals surface area contributed by atoms with Gasteiger partial charge in [-0.3, -0.25) is 0 Å². The summed E-state index contributed by atoms with van der Waals surface area (Å²) in [5, 5.41) is 2.45. The minimum atomic E-state index is -3.98. The van der Waals surface area contributed by atoms with E-state index in [9.17, 15) is 17.6 Å². The monoisotopic (exact) mass is 269 g/mol. The molecule has 0 saturated heterocycles. The molecule has 17 heavy (non-hydrogen) atoms. The summed E-state index contributed by atoms with van der Waals surface area (Å²) in [7, 11) is 0. The van der Waals surface area contributed by atoms with Gasteiger partial charge in [0.05, 0.1) is 6.54 Å². The molecular weight excluding hydrogens is 254 g/mol. The molecule has 0 radical (unpaired) electrons. The molecule has 1 rings (SSSR count). The molecule has 0 aliphatic rings. The van der Waals surface area contributed by atoms with Gasteiger partial charge in [-0.25, -0.2) is 8.78 Å². The lowest BCUT2D eigenvalue weighted by atomic mass is 10.1. The Bertz CT molecular complexity index is 376. The second kappa shape index (κ2) is 5.35. The van der Waals surface area contributed by atoms with E-state index in [1.54, 1.807) is 18.3 Å². The standard InChI is InChI=1S/C11H15F4NS/c1-6-4-9(8(3)17-6)7(2)16-5-11(14,15)10(12)13/h4,7,10,16H,5H2,1-3H3. The number of alkyl halides is 4. The number of thiophene rings is 1. The SMILES string of the molecule is Cc1cc(C(C)NCC(F)(F)C(F)F)c(C)s1. The maximum atomic E-state index is 12.7. The molecule has 0 aliphatic carbocycles. The van der Waals surface area contributed by atoms with Gasteiger partial charge < -0.3 is 5.32 Å². The Morgan fingerprint density at radius 3 is 2.35 bits per heavy atom. The van der Waals surface area contributed by atoms with Crippen LogP contribution in [0.5, 0.6) is 0 Å². The van der Waals surface area contributed by atoms with Crippen molar-refractivity contribution in [2.45, 2.75) is 39.2 Å². The van der Waals surface area contributed by atoms with Crippen molar-refractivity contribution in [3.05, 3.63) is 21.4 Å². The molecule has 1 atom stereocenters. The summed E-state index contributed by atoms with van der Waals surface area (Å²) >= 11 is 1.56. The first-order valence-corrected chi connectivity index (χ1v) is 6.02. The zero-order valence-corrected chi connectivity index (χ0v) is 10.7. The molecule has 0 fully saturated rings. The smallest absolute Gasteiger partial charge is 0.304 e. The predicted octanol–water partition coefficient (Wildman–Crippen LogP) is 3.92. The fourth-order valence-corrected chi connectivity index (χ4v) is 2.58. The average molecular weight is 269 g/mol. The van der Waals surface area contributed by atoms with Gasteiger partial charge in [-0.2, -0.15) is 8.78 Å². The maximum absolute atomic E-state index is 12.7. The van der Waals surface area contributed by atoms with Crippen LogP contribution in [0.15, 0.2) is 6.07 Å². The third-order valence-electron chi connectivity index (χ3n) is 2.51. The summed E-state index contributed by atoms with van der Waals surface area (Å²) in [6.07, 6.45) is -3.63. The number of hydrogen-bond acceptors (Lipinski definition) is 2. The Balaban J connectivity index is 2.62. The molecule has 1 heterocycles. The molecule has 0 amide bonds. The first kappa shape index (κ1) is 14.4. The molecule has 1 unspecified atom stereocenters. The van der Waals surface area contributed by atoms with E-state index in [0.717, 1.165) is 15.3 Å². The number of halogens is 4. The van der Waals surface area contributed by atoms with Crippen LogP contribution in [0.3, 0.4) is 0 Å². The van der Waals surface area contributed by atoms with Crippen LogP contribution in [0.25, 0.3) is 0 Å². The summed E-state index contributed by atoms with van der Waals surface area (Å²) in [6, 6.07) is 1.53. The topological polar surface area (TPSA) is 12.0 Å². The van der Waals surface area contributed by atoms with E-state index >= 15 is 0 Å². The minimum Gasteiger partial charge on any atom is -0.304 e. The zero-order chi connectivity index (χ0) is 13.2. The van der Waals surface area contributed by atoms with Crippen LogP contribution >= 0.6 is 11.3 Å². The summed E-state index contributed by atoms with van der Waals surface area (Å²) in [4.78, 5) is 2.09. The first-order chi connectivity index (χ1) is 7.74. The van der Waals surface area contributed by atoms with Gasteiger partial charge >= 0.3 is 12.3 Å². The van der Waals surface area contributed by atoms with Gasteiger partial charge in [0.25, 0.3) is 0 Å². The molecule has 0 spiro atoms. The van der Waals surface area contributed by atoms with Crippen LogP contribution in [0.4, 0.5) is 17.6 Å². The van der Waals surface area contributed by atoms with Crippen LogP contribution in [0.2, 0.25) is 0 Å². The molecule has 1 aromatic heterocycles. The van der Waals surface area contributed by atoms with Crippen LogP contribution in [0.1, 0.15) is 28.3 Å². The molecule has 0 aromatic carbocycles. The van der Waals surface area contributed by atoms with Crippen LogP contribution in [-0.2, 0) is 0 Å². The summed E-state index contributed by atoms with van der Waals surface area (Å²) in [6.45, 7) is 4.48.